The molecular weight excluding hydrogens is 325 g/mol. The van der Waals surface area contributed by atoms with Gasteiger partial charge in [0.2, 0.25) is 0 Å². The van der Waals surface area contributed by atoms with Crippen LogP contribution in [0, 0.1) is 5.82 Å². The molecule has 5 heteroatoms. The second-order valence-electron chi connectivity index (χ2n) is 4.22. The van der Waals surface area contributed by atoms with Gasteiger partial charge in [-0.25, -0.2) is 4.39 Å². The molecular formula is C15H15BrFNO2. The standard InChI is InChI=1S/C15H15BrFNO2/c1-19-12-4-3-5-13(20-2)14(12)15(18)10-7-6-9(16)8-11(10)17/h3-8,15H,18H2,1-2H3. The first-order valence-electron chi connectivity index (χ1n) is 6.00. The lowest BCUT2D eigenvalue weighted by atomic mass is 9.97. The van der Waals surface area contributed by atoms with Crippen LogP contribution >= 0.6 is 15.9 Å². The van der Waals surface area contributed by atoms with Crippen molar-refractivity contribution in [3.63, 3.8) is 0 Å². The molecule has 3 nitrogen and oxygen atoms in total. The van der Waals surface area contributed by atoms with Gasteiger partial charge in [0.05, 0.1) is 25.8 Å². The third-order valence-corrected chi connectivity index (χ3v) is 3.57. The van der Waals surface area contributed by atoms with E-state index in [0.29, 0.717) is 27.1 Å². The zero-order valence-corrected chi connectivity index (χ0v) is 12.8. The van der Waals surface area contributed by atoms with Crippen molar-refractivity contribution in [1.82, 2.24) is 0 Å². The summed E-state index contributed by atoms with van der Waals surface area (Å²) in [6.45, 7) is 0. The smallest absolute Gasteiger partial charge is 0.129 e. The first kappa shape index (κ1) is 14.8. The Labute approximate surface area is 125 Å². The van der Waals surface area contributed by atoms with E-state index in [2.05, 4.69) is 15.9 Å². The summed E-state index contributed by atoms with van der Waals surface area (Å²) in [4.78, 5) is 0. The second-order valence-corrected chi connectivity index (χ2v) is 5.14. The lowest BCUT2D eigenvalue weighted by molar-refractivity contribution is 0.381. The minimum atomic E-state index is -0.672. The summed E-state index contributed by atoms with van der Waals surface area (Å²) in [5.74, 6) is 0.762. The van der Waals surface area contributed by atoms with E-state index in [1.807, 2.05) is 0 Å². The predicted octanol–water partition coefficient (Wildman–Crippen LogP) is 3.65. The van der Waals surface area contributed by atoms with Crippen LogP contribution in [0.25, 0.3) is 0 Å². The number of hydrogen-bond donors (Lipinski definition) is 1. The van der Waals surface area contributed by atoms with Crippen LogP contribution in [-0.2, 0) is 0 Å². The van der Waals surface area contributed by atoms with Crippen LogP contribution in [0.4, 0.5) is 4.39 Å². The summed E-state index contributed by atoms with van der Waals surface area (Å²) in [6.07, 6.45) is 0. The van der Waals surface area contributed by atoms with Gasteiger partial charge in [0.1, 0.15) is 17.3 Å². The number of benzene rings is 2. The van der Waals surface area contributed by atoms with E-state index in [1.54, 1.807) is 44.6 Å². The molecule has 0 heterocycles. The molecule has 0 saturated carbocycles. The van der Waals surface area contributed by atoms with Gasteiger partial charge in [-0.05, 0) is 24.3 Å². The molecule has 106 valence electrons. The molecule has 0 fully saturated rings. The topological polar surface area (TPSA) is 44.5 Å². The summed E-state index contributed by atoms with van der Waals surface area (Å²) >= 11 is 3.23. The summed E-state index contributed by atoms with van der Waals surface area (Å²) in [6, 6.07) is 9.45. The third-order valence-electron chi connectivity index (χ3n) is 3.07. The lowest BCUT2D eigenvalue weighted by Gasteiger charge is -2.19. The third kappa shape index (κ3) is 2.78. The quantitative estimate of drug-likeness (QED) is 0.924. The fraction of sp³-hybridized carbons (Fsp3) is 0.200. The lowest BCUT2D eigenvalue weighted by Crippen LogP contribution is -2.16. The van der Waals surface area contributed by atoms with Crippen LogP contribution in [0.1, 0.15) is 17.2 Å². The SMILES string of the molecule is COc1cccc(OC)c1C(N)c1ccc(Br)cc1F. The molecule has 0 aliphatic carbocycles. The maximum absolute atomic E-state index is 14.1. The Morgan fingerprint density at radius 2 is 1.70 bits per heavy atom. The molecule has 2 aromatic carbocycles. The van der Waals surface area contributed by atoms with Crippen LogP contribution in [0.2, 0.25) is 0 Å². The van der Waals surface area contributed by atoms with Crippen LogP contribution in [0.5, 0.6) is 11.5 Å². The van der Waals surface area contributed by atoms with Crippen LogP contribution in [0.15, 0.2) is 40.9 Å². The zero-order valence-electron chi connectivity index (χ0n) is 11.2. The van der Waals surface area contributed by atoms with E-state index in [9.17, 15) is 4.39 Å². The van der Waals surface area contributed by atoms with Gasteiger partial charge in [0.15, 0.2) is 0 Å². The maximum Gasteiger partial charge on any atom is 0.129 e. The first-order chi connectivity index (χ1) is 9.58. The van der Waals surface area contributed by atoms with Gasteiger partial charge in [-0.2, -0.15) is 0 Å². The molecule has 0 aliphatic heterocycles. The Hall–Kier alpha value is -1.59. The van der Waals surface area contributed by atoms with E-state index in [1.165, 1.54) is 6.07 Å². The van der Waals surface area contributed by atoms with Crippen LogP contribution in [-0.4, -0.2) is 14.2 Å². The van der Waals surface area contributed by atoms with Gasteiger partial charge in [0, 0.05) is 10.0 Å². The number of rotatable bonds is 4. The summed E-state index contributed by atoms with van der Waals surface area (Å²) in [7, 11) is 3.09. The molecule has 0 saturated heterocycles. The molecule has 2 rings (SSSR count). The second kappa shape index (κ2) is 6.24. The summed E-state index contributed by atoms with van der Waals surface area (Å²) in [5, 5.41) is 0. The highest BCUT2D eigenvalue weighted by Gasteiger charge is 2.21. The molecule has 0 spiro atoms. The van der Waals surface area contributed by atoms with Crippen molar-refractivity contribution in [2.75, 3.05) is 14.2 Å². The minimum absolute atomic E-state index is 0.375. The van der Waals surface area contributed by atoms with Gasteiger partial charge in [0.25, 0.3) is 0 Å². The molecule has 2 aromatic rings. The van der Waals surface area contributed by atoms with Crippen molar-refractivity contribution in [2.45, 2.75) is 6.04 Å². The van der Waals surface area contributed by atoms with Crippen LogP contribution < -0.4 is 15.2 Å². The number of ether oxygens (including phenoxy) is 2. The molecule has 20 heavy (non-hydrogen) atoms. The normalized spacial score (nSPS) is 12.1. The van der Waals surface area contributed by atoms with Crippen molar-refractivity contribution in [3.05, 3.63) is 57.8 Å². The van der Waals surface area contributed by atoms with Crippen molar-refractivity contribution >= 4 is 15.9 Å². The molecule has 1 atom stereocenters. The number of methoxy groups -OCH3 is 2. The largest absolute Gasteiger partial charge is 0.496 e. The van der Waals surface area contributed by atoms with Gasteiger partial charge in [-0.15, -0.1) is 0 Å². The highest BCUT2D eigenvalue weighted by Crippen LogP contribution is 2.37. The van der Waals surface area contributed by atoms with E-state index in [-0.39, 0.29) is 5.82 Å². The molecule has 0 bridgehead atoms. The van der Waals surface area contributed by atoms with Crippen molar-refractivity contribution < 1.29 is 13.9 Å². The predicted molar refractivity (Wildman–Crippen MR) is 79.7 cm³/mol. The molecule has 0 amide bonds. The number of halogens is 2. The first-order valence-corrected chi connectivity index (χ1v) is 6.79. The zero-order chi connectivity index (χ0) is 14.7. The fourth-order valence-electron chi connectivity index (χ4n) is 2.10. The number of hydrogen-bond acceptors (Lipinski definition) is 3. The Balaban J connectivity index is 2.55. The highest BCUT2D eigenvalue weighted by molar-refractivity contribution is 9.10. The van der Waals surface area contributed by atoms with Gasteiger partial charge in [-0.1, -0.05) is 28.1 Å². The van der Waals surface area contributed by atoms with Gasteiger partial charge >= 0.3 is 0 Å². The average molecular weight is 340 g/mol. The monoisotopic (exact) mass is 339 g/mol. The van der Waals surface area contributed by atoms with E-state index in [4.69, 9.17) is 15.2 Å². The van der Waals surface area contributed by atoms with Gasteiger partial charge < -0.3 is 15.2 Å². The summed E-state index contributed by atoms with van der Waals surface area (Å²) in [5.41, 5.74) is 7.21. The fourth-order valence-corrected chi connectivity index (χ4v) is 2.43. The average Bonchev–Trinajstić information content (AvgIpc) is 2.45. The van der Waals surface area contributed by atoms with Gasteiger partial charge in [-0.3, -0.25) is 0 Å². The Morgan fingerprint density at radius 3 is 2.20 bits per heavy atom. The maximum atomic E-state index is 14.1. The highest BCUT2D eigenvalue weighted by atomic mass is 79.9. The molecule has 0 aromatic heterocycles. The molecule has 2 N–H and O–H groups in total. The number of nitrogens with two attached hydrogens (primary N) is 1. The Kier molecular flexibility index (Phi) is 4.62. The summed E-state index contributed by atoms with van der Waals surface area (Å²) < 4.78 is 25.3. The van der Waals surface area contributed by atoms with E-state index in [0.717, 1.165) is 0 Å². The van der Waals surface area contributed by atoms with E-state index < -0.39 is 6.04 Å². The van der Waals surface area contributed by atoms with E-state index >= 15 is 0 Å². The Bertz CT molecular complexity index is 597. The molecule has 1 unspecified atom stereocenters. The van der Waals surface area contributed by atoms with Crippen molar-refractivity contribution in [1.29, 1.82) is 0 Å². The van der Waals surface area contributed by atoms with Crippen LogP contribution in [0.3, 0.4) is 0 Å². The minimum Gasteiger partial charge on any atom is -0.496 e. The van der Waals surface area contributed by atoms with Crippen molar-refractivity contribution in [2.24, 2.45) is 5.73 Å². The molecule has 0 aliphatic rings. The molecule has 0 radical (unpaired) electrons. The van der Waals surface area contributed by atoms with Crippen molar-refractivity contribution in [3.8, 4) is 11.5 Å². The Morgan fingerprint density at radius 1 is 1.10 bits per heavy atom.